The van der Waals surface area contributed by atoms with Gasteiger partial charge in [-0.15, -0.1) is 0 Å². The molecular weight excluding hydrogens is 263 g/mol. The molecule has 0 aromatic carbocycles. The average Bonchev–Trinajstić information content (AvgIpc) is 2.24. The maximum absolute atomic E-state index is 12.4. The molecule has 0 radical (unpaired) electrons. The molecule has 0 atom stereocenters. The number of aliphatic carboxylic acids is 1. The zero-order valence-corrected chi connectivity index (χ0v) is 10.5. The number of anilines is 1. The van der Waals surface area contributed by atoms with Gasteiger partial charge in [-0.1, -0.05) is 6.92 Å². The molecule has 0 saturated carbocycles. The zero-order chi connectivity index (χ0) is 14.6. The normalized spacial score (nSPS) is 11.4. The van der Waals surface area contributed by atoms with Crippen molar-refractivity contribution in [2.24, 2.45) is 0 Å². The van der Waals surface area contributed by atoms with Crippen molar-refractivity contribution in [1.82, 2.24) is 9.97 Å². The van der Waals surface area contributed by atoms with Crippen molar-refractivity contribution in [2.45, 2.75) is 26.4 Å². The molecule has 0 spiro atoms. The number of carboxylic acids is 1. The number of halogens is 3. The Morgan fingerprint density at radius 1 is 1.42 bits per heavy atom. The lowest BCUT2D eigenvalue weighted by Gasteiger charge is -2.23. The van der Waals surface area contributed by atoms with Crippen LogP contribution < -0.4 is 4.90 Å². The number of nitrogens with zero attached hydrogens (tertiary/aromatic N) is 3. The monoisotopic (exact) mass is 277 g/mol. The fourth-order valence-electron chi connectivity index (χ4n) is 1.53. The molecular formula is C11H14F3N3O2. The molecule has 1 heterocycles. The van der Waals surface area contributed by atoms with Crippen LogP contribution in [0.15, 0.2) is 6.07 Å². The van der Waals surface area contributed by atoms with Crippen LogP contribution in [-0.2, 0) is 11.2 Å². The van der Waals surface area contributed by atoms with Crippen LogP contribution in [0.4, 0.5) is 19.0 Å². The van der Waals surface area contributed by atoms with Crippen molar-refractivity contribution in [1.29, 1.82) is 0 Å². The molecule has 1 N–H and O–H groups in total. The predicted octanol–water partition coefficient (Wildman–Crippen LogP) is 1.80. The third kappa shape index (κ3) is 5.11. The Morgan fingerprint density at radius 2 is 2.05 bits per heavy atom. The number of carbonyl (C=O) groups is 1. The van der Waals surface area contributed by atoms with E-state index < -0.39 is 25.2 Å². The molecule has 1 aromatic heterocycles. The molecule has 0 fully saturated rings. The Morgan fingerprint density at radius 3 is 2.53 bits per heavy atom. The predicted molar refractivity (Wildman–Crippen MR) is 62.1 cm³/mol. The molecule has 0 aliphatic rings. The molecule has 0 saturated heterocycles. The lowest BCUT2D eigenvalue weighted by atomic mass is 10.3. The van der Waals surface area contributed by atoms with E-state index >= 15 is 0 Å². The maximum Gasteiger partial charge on any atom is 0.405 e. The van der Waals surface area contributed by atoms with Gasteiger partial charge >= 0.3 is 12.1 Å². The number of rotatable bonds is 5. The summed E-state index contributed by atoms with van der Waals surface area (Å²) >= 11 is 0. The SMILES string of the molecule is CCc1nc(C)cc(N(CC(=O)O)CC(F)(F)F)n1. The summed E-state index contributed by atoms with van der Waals surface area (Å²) in [5, 5.41) is 8.69. The highest BCUT2D eigenvalue weighted by Crippen LogP contribution is 2.21. The van der Waals surface area contributed by atoms with E-state index in [4.69, 9.17) is 5.11 Å². The maximum atomic E-state index is 12.4. The van der Waals surface area contributed by atoms with Gasteiger partial charge in [0.1, 0.15) is 24.7 Å². The third-order valence-electron chi connectivity index (χ3n) is 2.22. The number of carboxylic acid groups (broad SMARTS) is 1. The summed E-state index contributed by atoms with van der Waals surface area (Å²) in [6.07, 6.45) is -4.04. The molecule has 0 unspecified atom stereocenters. The van der Waals surface area contributed by atoms with Gasteiger partial charge in [0, 0.05) is 18.2 Å². The number of alkyl halides is 3. The summed E-state index contributed by atoms with van der Waals surface area (Å²) in [5.74, 6) is -0.991. The summed E-state index contributed by atoms with van der Waals surface area (Å²) in [7, 11) is 0. The largest absolute Gasteiger partial charge is 0.480 e. The Balaban J connectivity index is 3.09. The van der Waals surface area contributed by atoms with Crippen LogP contribution >= 0.6 is 0 Å². The van der Waals surface area contributed by atoms with Crippen molar-refractivity contribution >= 4 is 11.8 Å². The van der Waals surface area contributed by atoms with Crippen LogP contribution in [0.5, 0.6) is 0 Å². The molecule has 19 heavy (non-hydrogen) atoms. The van der Waals surface area contributed by atoms with Crippen LogP contribution in [0.3, 0.4) is 0 Å². The van der Waals surface area contributed by atoms with Crippen molar-refractivity contribution in [3.05, 3.63) is 17.6 Å². The van der Waals surface area contributed by atoms with E-state index in [1.807, 2.05) is 0 Å². The highest BCUT2D eigenvalue weighted by Gasteiger charge is 2.32. The van der Waals surface area contributed by atoms with E-state index in [-0.39, 0.29) is 5.82 Å². The van der Waals surface area contributed by atoms with Crippen molar-refractivity contribution < 1.29 is 23.1 Å². The summed E-state index contributed by atoms with van der Waals surface area (Å²) in [4.78, 5) is 19.3. The minimum Gasteiger partial charge on any atom is -0.480 e. The van der Waals surface area contributed by atoms with Gasteiger partial charge in [0.25, 0.3) is 0 Å². The van der Waals surface area contributed by atoms with Gasteiger partial charge in [-0.2, -0.15) is 13.2 Å². The lowest BCUT2D eigenvalue weighted by Crippen LogP contribution is -2.38. The fourth-order valence-corrected chi connectivity index (χ4v) is 1.53. The quantitative estimate of drug-likeness (QED) is 0.889. The van der Waals surface area contributed by atoms with Crippen LogP contribution in [-0.4, -0.2) is 40.3 Å². The van der Waals surface area contributed by atoms with Crippen LogP contribution in [0.25, 0.3) is 0 Å². The topological polar surface area (TPSA) is 66.3 Å². The first-order valence-electron chi connectivity index (χ1n) is 5.59. The molecule has 5 nitrogen and oxygen atoms in total. The third-order valence-corrected chi connectivity index (χ3v) is 2.22. The van der Waals surface area contributed by atoms with Crippen molar-refractivity contribution in [3.8, 4) is 0 Å². The lowest BCUT2D eigenvalue weighted by molar-refractivity contribution is -0.136. The molecule has 106 valence electrons. The number of hydrogen-bond donors (Lipinski definition) is 1. The van der Waals surface area contributed by atoms with Crippen LogP contribution in [0.2, 0.25) is 0 Å². The highest BCUT2D eigenvalue weighted by molar-refractivity contribution is 5.73. The second-order valence-corrected chi connectivity index (χ2v) is 4.00. The van der Waals surface area contributed by atoms with Gasteiger partial charge in [-0.25, -0.2) is 9.97 Å². The fraction of sp³-hybridized carbons (Fsp3) is 0.545. The average molecular weight is 277 g/mol. The summed E-state index contributed by atoms with van der Waals surface area (Å²) in [5.41, 5.74) is 0.499. The first kappa shape index (κ1) is 15.2. The summed E-state index contributed by atoms with van der Waals surface area (Å²) in [6, 6.07) is 1.34. The van der Waals surface area contributed by atoms with Crippen molar-refractivity contribution in [3.63, 3.8) is 0 Å². The van der Waals surface area contributed by atoms with Gasteiger partial charge in [-0.3, -0.25) is 4.79 Å². The minimum atomic E-state index is -4.50. The van der Waals surface area contributed by atoms with E-state index in [1.165, 1.54) is 6.07 Å². The van der Waals surface area contributed by atoms with E-state index in [0.717, 1.165) is 0 Å². The van der Waals surface area contributed by atoms with E-state index in [0.29, 0.717) is 22.8 Å². The van der Waals surface area contributed by atoms with Crippen molar-refractivity contribution in [2.75, 3.05) is 18.0 Å². The number of hydrogen-bond acceptors (Lipinski definition) is 4. The first-order chi connectivity index (χ1) is 8.71. The molecule has 1 aromatic rings. The Kier molecular flexibility index (Phi) is 4.68. The van der Waals surface area contributed by atoms with Crippen LogP contribution in [0, 0.1) is 6.92 Å². The van der Waals surface area contributed by atoms with Gasteiger partial charge < -0.3 is 10.0 Å². The van der Waals surface area contributed by atoms with E-state index in [9.17, 15) is 18.0 Å². The summed E-state index contributed by atoms with van der Waals surface area (Å²) in [6.45, 7) is 1.26. The van der Waals surface area contributed by atoms with E-state index in [2.05, 4.69) is 9.97 Å². The highest BCUT2D eigenvalue weighted by atomic mass is 19.4. The second-order valence-electron chi connectivity index (χ2n) is 4.00. The standard InChI is InChI=1S/C11H14F3N3O2/c1-3-8-15-7(2)4-9(16-8)17(5-10(18)19)6-11(12,13)14/h4H,3,5-6H2,1-2H3,(H,18,19). The molecule has 0 aliphatic heterocycles. The Bertz CT molecular complexity index is 463. The molecule has 0 bridgehead atoms. The Labute approximate surface area is 108 Å². The Hall–Kier alpha value is -1.86. The number of aromatic nitrogens is 2. The van der Waals surface area contributed by atoms with Gasteiger partial charge in [0.2, 0.25) is 0 Å². The van der Waals surface area contributed by atoms with E-state index in [1.54, 1.807) is 13.8 Å². The van der Waals surface area contributed by atoms with Crippen LogP contribution in [0.1, 0.15) is 18.4 Å². The minimum absolute atomic E-state index is 0.0240. The summed E-state index contributed by atoms with van der Waals surface area (Å²) < 4.78 is 37.3. The molecule has 0 aliphatic carbocycles. The van der Waals surface area contributed by atoms with Gasteiger partial charge in [-0.05, 0) is 6.92 Å². The molecule has 0 amide bonds. The van der Waals surface area contributed by atoms with Gasteiger partial charge in [0.05, 0.1) is 0 Å². The second kappa shape index (κ2) is 5.85. The first-order valence-corrected chi connectivity index (χ1v) is 5.59. The number of aryl methyl sites for hydroxylation is 2. The van der Waals surface area contributed by atoms with Gasteiger partial charge in [0.15, 0.2) is 0 Å². The smallest absolute Gasteiger partial charge is 0.405 e. The zero-order valence-electron chi connectivity index (χ0n) is 10.5. The molecule has 1 rings (SSSR count). The molecule has 8 heteroatoms.